The largest absolute Gasteiger partial charge is 0.375 e. The summed E-state index contributed by atoms with van der Waals surface area (Å²) < 4.78 is 14.9. The molecule has 0 aromatic carbocycles. The number of hydrogen-bond acceptors (Lipinski definition) is 8. The molecule has 2 saturated heterocycles. The van der Waals surface area contributed by atoms with Crippen LogP contribution in [0.25, 0.3) is 0 Å². The van der Waals surface area contributed by atoms with E-state index in [1.165, 1.54) is 0 Å². The molecule has 6 rings (SSSR count). The summed E-state index contributed by atoms with van der Waals surface area (Å²) in [5.74, 6) is 0. The first-order valence-electron chi connectivity index (χ1n) is 11.5. The summed E-state index contributed by atoms with van der Waals surface area (Å²) >= 11 is 0. The molecule has 6 aliphatic heterocycles. The van der Waals surface area contributed by atoms with E-state index in [-0.39, 0.29) is 0 Å². The van der Waals surface area contributed by atoms with Gasteiger partial charge in [-0.25, -0.2) is 27.3 Å². The fraction of sp³-hybridized carbons (Fsp3) is 1.00. The molecule has 11 nitrogen and oxygen atoms in total. The van der Waals surface area contributed by atoms with Crippen LogP contribution >= 0.6 is 15.0 Å². The molecule has 13 heteroatoms. The van der Waals surface area contributed by atoms with Gasteiger partial charge in [0.15, 0.2) is 13.1 Å². The smallest absolute Gasteiger partial charge is 0.295 e. The third kappa shape index (κ3) is 4.17. The van der Waals surface area contributed by atoms with Crippen molar-refractivity contribution in [1.29, 1.82) is 0 Å². The Hall–Kier alpha value is -0.380. The summed E-state index contributed by atoms with van der Waals surface area (Å²) in [7, 11) is 9.40. The Morgan fingerprint density at radius 1 is 0.613 bits per heavy atom. The highest BCUT2D eigenvalue weighted by molar-refractivity contribution is 7.58. The summed E-state index contributed by atoms with van der Waals surface area (Å²) in [5, 5.41) is 8.56. The lowest BCUT2D eigenvalue weighted by Gasteiger charge is -2.42. The second-order valence-corrected chi connectivity index (χ2v) is 16.1. The van der Waals surface area contributed by atoms with Crippen LogP contribution in [0, 0.1) is 0 Å². The first kappa shape index (κ1) is 23.8. The van der Waals surface area contributed by atoms with E-state index >= 15 is 0 Å². The molecule has 0 aliphatic carbocycles. The van der Waals surface area contributed by atoms with E-state index in [0.29, 0.717) is 0 Å². The zero-order valence-corrected chi connectivity index (χ0v) is 22.1. The maximum atomic E-state index is 5.19. The summed E-state index contributed by atoms with van der Waals surface area (Å²) in [4.78, 5) is 10.3. The van der Waals surface area contributed by atoms with Crippen LogP contribution in [-0.4, -0.2) is 158 Å². The highest BCUT2D eigenvalue weighted by Crippen LogP contribution is 2.57. The third-order valence-electron chi connectivity index (χ3n) is 7.59. The van der Waals surface area contributed by atoms with E-state index < -0.39 is 15.0 Å². The van der Waals surface area contributed by atoms with Crippen LogP contribution in [0.15, 0.2) is 10.1 Å². The quantitative estimate of drug-likeness (QED) is 0.363. The maximum Gasteiger partial charge on any atom is 0.375 e. The van der Waals surface area contributed by atoms with Gasteiger partial charge >= 0.3 is 15.0 Å². The Morgan fingerprint density at radius 2 is 1.06 bits per heavy atom. The van der Waals surface area contributed by atoms with Crippen molar-refractivity contribution in [2.24, 2.45) is 10.1 Å². The summed E-state index contributed by atoms with van der Waals surface area (Å²) in [6, 6.07) is 0. The SMILES string of the molecule is CN1CCN2CCN(C)P1(/N=N/NP13=[N+](C)CCN(CCN1C)CCN3C)=[N+](C)CC2. The fourth-order valence-corrected chi connectivity index (χ4v) is 11.9. The van der Waals surface area contributed by atoms with Crippen LogP contribution in [0.2, 0.25) is 0 Å². The molecule has 31 heavy (non-hydrogen) atoms. The van der Waals surface area contributed by atoms with Gasteiger partial charge < -0.3 is 0 Å². The molecule has 0 spiro atoms. The second kappa shape index (κ2) is 9.47. The molecular formula is C18H43N11P2+2. The van der Waals surface area contributed by atoms with E-state index in [0.717, 1.165) is 78.5 Å². The van der Waals surface area contributed by atoms with E-state index in [1.54, 1.807) is 0 Å². The van der Waals surface area contributed by atoms with Gasteiger partial charge in [-0.05, 0) is 28.2 Å². The number of rotatable bonds is 3. The van der Waals surface area contributed by atoms with Crippen LogP contribution < -0.4 is 5.20 Å². The first-order chi connectivity index (χ1) is 14.8. The van der Waals surface area contributed by atoms with Crippen LogP contribution in [-0.2, 0) is 0 Å². The molecule has 0 atom stereocenters. The molecule has 0 radical (unpaired) electrons. The lowest BCUT2D eigenvalue weighted by atomic mass is 10.4. The number of nitrogens with one attached hydrogen (secondary N) is 1. The minimum Gasteiger partial charge on any atom is -0.295 e. The Bertz CT molecular complexity index is 776. The summed E-state index contributed by atoms with van der Waals surface area (Å²) in [6.45, 7) is 12.9. The molecular weight excluding hydrogens is 432 g/mol. The average molecular weight is 476 g/mol. The number of hydrogen-bond donors (Lipinski definition) is 1. The van der Waals surface area contributed by atoms with Gasteiger partial charge in [0.1, 0.15) is 14.1 Å². The highest BCUT2D eigenvalue weighted by Gasteiger charge is 2.45. The first-order valence-corrected chi connectivity index (χ1v) is 14.8. The molecule has 6 heterocycles. The monoisotopic (exact) mass is 475 g/mol. The zero-order valence-electron chi connectivity index (χ0n) is 20.4. The van der Waals surface area contributed by atoms with Gasteiger partial charge in [-0.2, -0.15) is 5.20 Å². The topological polar surface area (TPSA) is 62.2 Å². The Balaban J connectivity index is 1.74. The van der Waals surface area contributed by atoms with Crippen LogP contribution in [0.1, 0.15) is 0 Å². The summed E-state index contributed by atoms with van der Waals surface area (Å²) in [5.41, 5.74) is 0. The predicted octanol–water partition coefficient (Wildman–Crippen LogP) is 0.506. The van der Waals surface area contributed by atoms with Gasteiger partial charge in [0.25, 0.3) is 0 Å². The van der Waals surface area contributed by atoms with Crippen LogP contribution in [0.3, 0.4) is 0 Å². The third-order valence-corrected chi connectivity index (χ3v) is 15.1. The fourth-order valence-electron chi connectivity index (χ4n) is 5.35. The predicted molar refractivity (Wildman–Crippen MR) is 127 cm³/mol. The van der Waals surface area contributed by atoms with E-state index in [9.17, 15) is 0 Å². The van der Waals surface area contributed by atoms with Crippen LogP contribution in [0.5, 0.6) is 0 Å². The molecule has 6 aliphatic rings. The molecule has 0 unspecified atom stereocenters. The Morgan fingerprint density at radius 3 is 1.58 bits per heavy atom. The molecule has 0 amide bonds. The standard InChI is InChI=1S/C18H42N11P2/c1-22-7-13-28-14-8-23(2)30(22,24(3)9-15-28)20-19-21-31-25(4)10-16-29(17-11-26(31)5)18-12-27(31)6/h7-18H2,1-6H3/q+1/p+1. The van der Waals surface area contributed by atoms with E-state index in [2.05, 4.69) is 84.6 Å². The molecule has 0 aromatic rings. The normalized spacial score (nSPS) is 39.8. The van der Waals surface area contributed by atoms with Crippen molar-refractivity contribution >= 4 is 15.0 Å². The minimum atomic E-state index is -2.06. The Kier molecular flexibility index (Phi) is 7.26. The molecule has 178 valence electrons. The van der Waals surface area contributed by atoms with Crippen molar-refractivity contribution in [3.63, 3.8) is 0 Å². The van der Waals surface area contributed by atoms with E-state index in [4.69, 9.17) is 10.1 Å². The molecule has 0 saturated carbocycles. The number of likely N-dealkylation sites (N-methyl/N-ethyl adjacent to an activating group) is 6. The van der Waals surface area contributed by atoms with Crippen molar-refractivity contribution in [1.82, 2.24) is 33.7 Å². The minimum absolute atomic E-state index is 1.03. The maximum absolute atomic E-state index is 5.19. The lowest BCUT2D eigenvalue weighted by Crippen LogP contribution is -2.51. The lowest BCUT2D eigenvalue weighted by molar-refractivity contribution is -0.487. The number of fused-ring (bicyclic) bond motifs is 12. The van der Waals surface area contributed by atoms with Crippen molar-refractivity contribution in [2.45, 2.75) is 0 Å². The Labute approximate surface area is 188 Å². The van der Waals surface area contributed by atoms with Crippen molar-refractivity contribution < 1.29 is 8.66 Å². The molecule has 4 bridgehead atoms. The molecule has 2 fully saturated rings. The number of nitrogens with zero attached hydrogens (tertiary/aromatic N) is 10. The van der Waals surface area contributed by atoms with Gasteiger partial charge in [-0.3, -0.25) is 9.80 Å². The van der Waals surface area contributed by atoms with Crippen molar-refractivity contribution in [3.8, 4) is 0 Å². The van der Waals surface area contributed by atoms with Gasteiger partial charge in [-0.15, -0.1) is 0 Å². The van der Waals surface area contributed by atoms with Crippen molar-refractivity contribution in [2.75, 3.05) is 121 Å². The van der Waals surface area contributed by atoms with Gasteiger partial charge in [0.2, 0.25) is 0 Å². The van der Waals surface area contributed by atoms with E-state index in [1.807, 2.05) is 0 Å². The average Bonchev–Trinajstić information content (AvgIpc) is 2.73. The zero-order chi connectivity index (χ0) is 22.2. The summed E-state index contributed by atoms with van der Waals surface area (Å²) in [6.07, 6.45) is 0. The van der Waals surface area contributed by atoms with Gasteiger partial charge in [0.05, 0.1) is 13.1 Å². The highest BCUT2D eigenvalue weighted by atomic mass is 31.2. The van der Waals surface area contributed by atoms with Gasteiger partial charge in [0, 0.05) is 52.4 Å². The second-order valence-electron chi connectivity index (χ2n) is 9.37. The van der Waals surface area contributed by atoms with Crippen molar-refractivity contribution in [3.05, 3.63) is 0 Å². The van der Waals surface area contributed by atoms with Gasteiger partial charge in [-0.1, -0.05) is 10.1 Å². The molecule has 1 N–H and O–H groups in total. The molecule has 0 aromatic heterocycles. The van der Waals surface area contributed by atoms with Crippen LogP contribution in [0.4, 0.5) is 0 Å².